The fraction of sp³-hybridized carbons (Fsp3) is 0.300. The predicted octanol–water partition coefficient (Wildman–Crippen LogP) is 2.92. The summed E-state index contributed by atoms with van der Waals surface area (Å²) in [7, 11) is 3.19. The highest BCUT2D eigenvalue weighted by atomic mass is 16.5. The summed E-state index contributed by atoms with van der Waals surface area (Å²) in [5.74, 6) is 0.470. The molecule has 0 fully saturated rings. The molecule has 0 aliphatic rings. The molecule has 0 unspecified atom stereocenters. The zero-order valence-corrected chi connectivity index (χ0v) is 14.9. The standard InChI is InChI=1S/C20H24N2O3/c1-4-18(23)22(14-15-10-12-17(25-3)13-11-15)19(20(24)21-2)16-8-6-5-7-9-16/h5-13,19H,4,14H2,1-3H3,(H,21,24)/t19-/m1/s1. The van der Waals surface area contributed by atoms with Gasteiger partial charge in [0.1, 0.15) is 11.8 Å². The van der Waals surface area contributed by atoms with E-state index in [0.717, 1.165) is 16.9 Å². The van der Waals surface area contributed by atoms with Crippen LogP contribution in [0.4, 0.5) is 0 Å². The summed E-state index contributed by atoms with van der Waals surface area (Å²) >= 11 is 0. The molecular weight excluding hydrogens is 316 g/mol. The minimum atomic E-state index is -0.666. The van der Waals surface area contributed by atoms with Crippen molar-refractivity contribution in [2.45, 2.75) is 25.9 Å². The Morgan fingerprint density at radius 1 is 1.08 bits per heavy atom. The summed E-state index contributed by atoms with van der Waals surface area (Å²) in [5, 5.41) is 2.67. The number of amides is 2. The predicted molar refractivity (Wildman–Crippen MR) is 97.1 cm³/mol. The molecule has 2 aromatic rings. The van der Waals surface area contributed by atoms with Gasteiger partial charge in [0.25, 0.3) is 0 Å². The number of benzene rings is 2. The lowest BCUT2D eigenvalue weighted by Crippen LogP contribution is -2.42. The van der Waals surface area contributed by atoms with E-state index in [2.05, 4.69) is 5.32 Å². The number of methoxy groups -OCH3 is 1. The molecule has 132 valence electrons. The average Bonchev–Trinajstić information content (AvgIpc) is 2.68. The van der Waals surface area contributed by atoms with Gasteiger partial charge in [0, 0.05) is 20.0 Å². The molecule has 0 heterocycles. The van der Waals surface area contributed by atoms with Crippen molar-refractivity contribution in [1.29, 1.82) is 0 Å². The van der Waals surface area contributed by atoms with E-state index in [1.807, 2.05) is 54.6 Å². The van der Waals surface area contributed by atoms with Gasteiger partial charge >= 0.3 is 0 Å². The van der Waals surface area contributed by atoms with Gasteiger partial charge in [-0.3, -0.25) is 9.59 Å². The number of hydrogen-bond donors (Lipinski definition) is 1. The molecule has 0 bridgehead atoms. The summed E-state index contributed by atoms with van der Waals surface area (Å²) in [6.45, 7) is 2.15. The molecule has 0 aliphatic heterocycles. The molecule has 0 saturated heterocycles. The third kappa shape index (κ3) is 4.59. The van der Waals surface area contributed by atoms with Crippen molar-refractivity contribution in [1.82, 2.24) is 10.2 Å². The molecule has 2 aromatic carbocycles. The van der Waals surface area contributed by atoms with Crippen molar-refractivity contribution in [2.75, 3.05) is 14.2 Å². The number of nitrogens with zero attached hydrogens (tertiary/aromatic N) is 1. The van der Waals surface area contributed by atoms with Crippen molar-refractivity contribution in [3.05, 3.63) is 65.7 Å². The molecule has 5 heteroatoms. The highest BCUT2D eigenvalue weighted by Crippen LogP contribution is 2.25. The van der Waals surface area contributed by atoms with Gasteiger partial charge in [-0.2, -0.15) is 0 Å². The Labute approximate surface area is 148 Å². The minimum absolute atomic E-state index is 0.0757. The van der Waals surface area contributed by atoms with Crippen LogP contribution in [0.3, 0.4) is 0 Å². The number of ether oxygens (including phenoxy) is 1. The van der Waals surface area contributed by atoms with Crippen LogP contribution < -0.4 is 10.1 Å². The highest BCUT2D eigenvalue weighted by Gasteiger charge is 2.30. The number of rotatable bonds is 7. The molecule has 0 spiro atoms. The van der Waals surface area contributed by atoms with Gasteiger partial charge in [-0.15, -0.1) is 0 Å². The Morgan fingerprint density at radius 3 is 2.24 bits per heavy atom. The second-order valence-electron chi connectivity index (χ2n) is 5.65. The SMILES string of the molecule is CCC(=O)N(Cc1ccc(OC)cc1)[C@@H](C(=O)NC)c1ccccc1. The first-order valence-electron chi connectivity index (χ1n) is 8.29. The molecule has 0 aliphatic carbocycles. The molecule has 2 rings (SSSR count). The van der Waals surface area contributed by atoms with E-state index < -0.39 is 6.04 Å². The van der Waals surface area contributed by atoms with Crippen molar-refractivity contribution in [3.63, 3.8) is 0 Å². The molecule has 0 saturated carbocycles. The first-order valence-corrected chi connectivity index (χ1v) is 8.29. The Kier molecular flexibility index (Phi) is 6.57. The first kappa shape index (κ1) is 18.5. The van der Waals surface area contributed by atoms with Gasteiger partial charge in [-0.1, -0.05) is 49.4 Å². The summed E-state index contributed by atoms with van der Waals surface area (Å²) in [4.78, 5) is 26.8. The van der Waals surface area contributed by atoms with Crippen molar-refractivity contribution in [2.24, 2.45) is 0 Å². The Bertz CT molecular complexity index is 699. The summed E-state index contributed by atoms with van der Waals surface area (Å²) in [5.41, 5.74) is 1.73. The van der Waals surface area contributed by atoms with Gasteiger partial charge in [-0.05, 0) is 23.3 Å². The topological polar surface area (TPSA) is 58.6 Å². The van der Waals surface area contributed by atoms with Crippen LogP contribution >= 0.6 is 0 Å². The number of likely N-dealkylation sites (N-methyl/N-ethyl adjacent to an activating group) is 1. The van der Waals surface area contributed by atoms with Crippen LogP contribution in [0.5, 0.6) is 5.75 Å². The largest absolute Gasteiger partial charge is 0.497 e. The van der Waals surface area contributed by atoms with E-state index in [-0.39, 0.29) is 11.8 Å². The third-order valence-corrected chi connectivity index (χ3v) is 4.06. The zero-order valence-electron chi connectivity index (χ0n) is 14.9. The van der Waals surface area contributed by atoms with Gasteiger partial charge in [-0.25, -0.2) is 0 Å². The second kappa shape index (κ2) is 8.87. The molecule has 1 atom stereocenters. The highest BCUT2D eigenvalue weighted by molar-refractivity contribution is 5.88. The smallest absolute Gasteiger partial charge is 0.247 e. The molecular formula is C20H24N2O3. The molecule has 25 heavy (non-hydrogen) atoms. The normalized spacial score (nSPS) is 11.5. The van der Waals surface area contributed by atoms with Crippen molar-refractivity contribution >= 4 is 11.8 Å². The molecule has 5 nitrogen and oxygen atoms in total. The van der Waals surface area contributed by atoms with Crippen LogP contribution in [0.25, 0.3) is 0 Å². The van der Waals surface area contributed by atoms with E-state index in [0.29, 0.717) is 13.0 Å². The number of carbonyl (C=O) groups is 2. The molecule has 2 amide bonds. The fourth-order valence-electron chi connectivity index (χ4n) is 2.70. The minimum Gasteiger partial charge on any atom is -0.497 e. The molecule has 1 N–H and O–H groups in total. The third-order valence-electron chi connectivity index (χ3n) is 4.06. The van der Waals surface area contributed by atoms with Crippen LogP contribution in [0, 0.1) is 0 Å². The van der Waals surface area contributed by atoms with E-state index in [1.165, 1.54) is 0 Å². The monoisotopic (exact) mass is 340 g/mol. The molecule has 0 radical (unpaired) electrons. The zero-order chi connectivity index (χ0) is 18.2. The van der Waals surface area contributed by atoms with E-state index in [1.54, 1.807) is 26.0 Å². The van der Waals surface area contributed by atoms with Gasteiger partial charge in [0.05, 0.1) is 7.11 Å². The van der Waals surface area contributed by atoms with E-state index in [9.17, 15) is 9.59 Å². The maximum Gasteiger partial charge on any atom is 0.247 e. The molecule has 0 aromatic heterocycles. The van der Waals surface area contributed by atoms with Crippen molar-refractivity contribution in [3.8, 4) is 5.75 Å². The van der Waals surface area contributed by atoms with E-state index in [4.69, 9.17) is 4.74 Å². The van der Waals surface area contributed by atoms with Crippen LogP contribution in [0.15, 0.2) is 54.6 Å². The van der Waals surface area contributed by atoms with Gasteiger partial charge in [0.15, 0.2) is 0 Å². The number of carbonyl (C=O) groups excluding carboxylic acids is 2. The maximum atomic E-state index is 12.6. The van der Waals surface area contributed by atoms with Crippen LogP contribution in [0.2, 0.25) is 0 Å². The van der Waals surface area contributed by atoms with E-state index >= 15 is 0 Å². The van der Waals surface area contributed by atoms with Crippen LogP contribution in [-0.2, 0) is 16.1 Å². The van der Waals surface area contributed by atoms with Crippen molar-refractivity contribution < 1.29 is 14.3 Å². The van der Waals surface area contributed by atoms with Gasteiger partial charge in [0.2, 0.25) is 11.8 Å². The Hall–Kier alpha value is -2.82. The summed E-state index contributed by atoms with van der Waals surface area (Å²) in [6, 6.07) is 16.2. The summed E-state index contributed by atoms with van der Waals surface area (Å²) < 4.78 is 5.17. The van der Waals surface area contributed by atoms with Gasteiger partial charge < -0.3 is 15.0 Å². The second-order valence-corrected chi connectivity index (χ2v) is 5.65. The quantitative estimate of drug-likeness (QED) is 0.843. The maximum absolute atomic E-state index is 12.6. The average molecular weight is 340 g/mol. The number of hydrogen-bond acceptors (Lipinski definition) is 3. The lowest BCUT2D eigenvalue weighted by Gasteiger charge is -2.31. The Balaban J connectivity index is 2.38. The fourth-order valence-corrected chi connectivity index (χ4v) is 2.70. The number of nitrogens with one attached hydrogen (secondary N) is 1. The lowest BCUT2D eigenvalue weighted by molar-refractivity contribution is -0.141. The summed E-state index contributed by atoms with van der Waals surface area (Å²) in [6.07, 6.45) is 0.330. The lowest BCUT2D eigenvalue weighted by atomic mass is 10.0. The van der Waals surface area contributed by atoms with Crippen LogP contribution in [-0.4, -0.2) is 30.9 Å². The Morgan fingerprint density at radius 2 is 1.72 bits per heavy atom. The first-order chi connectivity index (χ1) is 12.1. The van der Waals surface area contributed by atoms with Crippen LogP contribution in [0.1, 0.15) is 30.5 Å².